The zero-order chi connectivity index (χ0) is 16.2. The van der Waals surface area contributed by atoms with E-state index in [1.807, 2.05) is 6.07 Å². The Labute approximate surface area is 137 Å². The number of halogens is 2. The lowest BCUT2D eigenvalue weighted by molar-refractivity contribution is 0.304. The minimum Gasteiger partial charge on any atom is -0.489 e. The molecule has 23 heavy (non-hydrogen) atoms. The molecule has 0 bridgehead atoms. The number of rotatable bonds is 5. The standard InChI is InChI=1S/C16H14ClFN4O/c1-19-16-15(20-22-21-16)11-5-10(6-12(17)7-11)9-23-14-4-2-3-13(18)8-14/h2-8H,9H2,1H3,(H2,19,20,21,22). The number of nitrogens with one attached hydrogen (secondary N) is 2. The van der Waals surface area contributed by atoms with Crippen LogP contribution in [0.5, 0.6) is 5.75 Å². The summed E-state index contributed by atoms with van der Waals surface area (Å²) in [6.07, 6.45) is 0. The fraction of sp³-hybridized carbons (Fsp3) is 0.125. The molecule has 0 saturated carbocycles. The monoisotopic (exact) mass is 332 g/mol. The van der Waals surface area contributed by atoms with Crippen LogP contribution in [0.3, 0.4) is 0 Å². The van der Waals surface area contributed by atoms with Gasteiger partial charge in [0.1, 0.15) is 23.9 Å². The first kappa shape index (κ1) is 15.3. The van der Waals surface area contributed by atoms with Crippen molar-refractivity contribution < 1.29 is 9.13 Å². The smallest absolute Gasteiger partial charge is 0.176 e. The van der Waals surface area contributed by atoms with Gasteiger partial charge in [0, 0.05) is 23.7 Å². The maximum absolute atomic E-state index is 13.2. The van der Waals surface area contributed by atoms with Crippen LogP contribution >= 0.6 is 11.6 Å². The Morgan fingerprint density at radius 3 is 2.87 bits per heavy atom. The third kappa shape index (κ3) is 3.60. The number of H-pyrrole nitrogens is 1. The number of nitrogens with zero attached hydrogens (tertiary/aromatic N) is 2. The van der Waals surface area contributed by atoms with Crippen LogP contribution in [0.25, 0.3) is 11.3 Å². The molecule has 0 radical (unpaired) electrons. The van der Waals surface area contributed by atoms with Gasteiger partial charge in [0.05, 0.1) is 0 Å². The Morgan fingerprint density at radius 1 is 1.22 bits per heavy atom. The van der Waals surface area contributed by atoms with Crippen molar-refractivity contribution in [1.82, 2.24) is 15.4 Å². The van der Waals surface area contributed by atoms with Crippen molar-refractivity contribution in [3.8, 4) is 17.0 Å². The Bertz CT molecular complexity index is 821. The van der Waals surface area contributed by atoms with Gasteiger partial charge in [-0.15, -0.1) is 5.10 Å². The highest BCUT2D eigenvalue weighted by Crippen LogP contribution is 2.28. The number of aromatic amines is 1. The topological polar surface area (TPSA) is 62.8 Å². The van der Waals surface area contributed by atoms with Crippen LogP contribution in [0.2, 0.25) is 5.02 Å². The van der Waals surface area contributed by atoms with Crippen LogP contribution in [0.1, 0.15) is 5.56 Å². The van der Waals surface area contributed by atoms with E-state index in [0.717, 1.165) is 11.1 Å². The van der Waals surface area contributed by atoms with E-state index in [-0.39, 0.29) is 12.4 Å². The molecule has 0 aliphatic carbocycles. The second kappa shape index (κ2) is 6.66. The first-order valence-corrected chi connectivity index (χ1v) is 7.30. The summed E-state index contributed by atoms with van der Waals surface area (Å²) in [4.78, 5) is 0. The predicted molar refractivity (Wildman–Crippen MR) is 87.1 cm³/mol. The Hall–Kier alpha value is -2.60. The number of hydrogen-bond acceptors (Lipinski definition) is 4. The molecule has 0 aliphatic rings. The van der Waals surface area contributed by atoms with Gasteiger partial charge in [-0.2, -0.15) is 10.3 Å². The molecule has 3 rings (SSSR count). The number of anilines is 1. The fourth-order valence-electron chi connectivity index (χ4n) is 2.20. The molecule has 2 N–H and O–H groups in total. The summed E-state index contributed by atoms with van der Waals surface area (Å²) in [5.41, 5.74) is 2.33. The molecule has 2 aromatic carbocycles. The van der Waals surface area contributed by atoms with Crippen molar-refractivity contribution in [3.05, 3.63) is 58.9 Å². The number of hydrogen-bond donors (Lipinski definition) is 2. The summed E-state index contributed by atoms with van der Waals surface area (Å²) in [5, 5.41) is 14.2. The van der Waals surface area contributed by atoms with E-state index in [0.29, 0.717) is 22.3 Å². The van der Waals surface area contributed by atoms with Gasteiger partial charge < -0.3 is 10.1 Å². The van der Waals surface area contributed by atoms with Crippen LogP contribution in [0, 0.1) is 5.82 Å². The molecular weight excluding hydrogens is 319 g/mol. The molecule has 7 heteroatoms. The molecule has 0 spiro atoms. The highest BCUT2D eigenvalue weighted by molar-refractivity contribution is 6.31. The van der Waals surface area contributed by atoms with Gasteiger partial charge in [0.25, 0.3) is 0 Å². The van der Waals surface area contributed by atoms with Crippen molar-refractivity contribution in [3.63, 3.8) is 0 Å². The molecule has 0 atom stereocenters. The Kier molecular flexibility index (Phi) is 4.43. The lowest BCUT2D eigenvalue weighted by Gasteiger charge is -2.09. The predicted octanol–water partition coefficient (Wildman–Crippen LogP) is 3.88. The third-order valence-electron chi connectivity index (χ3n) is 3.22. The van der Waals surface area contributed by atoms with Crippen molar-refractivity contribution in [2.75, 3.05) is 12.4 Å². The minimum atomic E-state index is -0.337. The van der Waals surface area contributed by atoms with Crippen molar-refractivity contribution in [2.45, 2.75) is 6.61 Å². The molecule has 1 heterocycles. The quantitative estimate of drug-likeness (QED) is 0.744. The Balaban J connectivity index is 1.83. The van der Waals surface area contributed by atoms with Gasteiger partial charge >= 0.3 is 0 Å². The van der Waals surface area contributed by atoms with E-state index < -0.39 is 0 Å². The summed E-state index contributed by atoms with van der Waals surface area (Å²) >= 11 is 6.18. The third-order valence-corrected chi connectivity index (χ3v) is 3.44. The van der Waals surface area contributed by atoms with Crippen molar-refractivity contribution in [1.29, 1.82) is 0 Å². The molecule has 0 fully saturated rings. The van der Waals surface area contributed by atoms with E-state index >= 15 is 0 Å². The van der Waals surface area contributed by atoms with E-state index in [2.05, 4.69) is 20.7 Å². The lowest BCUT2D eigenvalue weighted by atomic mass is 10.1. The van der Waals surface area contributed by atoms with Gasteiger partial charge in [0.2, 0.25) is 0 Å². The molecule has 3 aromatic rings. The van der Waals surface area contributed by atoms with Crippen LogP contribution in [-0.4, -0.2) is 22.5 Å². The van der Waals surface area contributed by atoms with Gasteiger partial charge in [-0.25, -0.2) is 4.39 Å². The maximum Gasteiger partial charge on any atom is 0.176 e. The second-order valence-corrected chi connectivity index (χ2v) is 5.30. The zero-order valence-corrected chi connectivity index (χ0v) is 13.1. The highest BCUT2D eigenvalue weighted by atomic mass is 35.5. The average molecular weight is 333 g/mol. The molecular formula is C16H14ClFN4O. The number of aromatic nitrogens is 3. The normalized spacial score (nSPS) is 10.6. The van der Waals surface area contributed by atoms with Crippen molar-refractivity contribution in [2.24, 2.45) is 0 Å². The van der Waals surface area contributed by atoms with Crippen LogP contribution in [-0.2, 0) is 6.61 Å². The van der Waals surface area contributed by atoms with E-state index in [9.17, 15) is 4.39 Å². The van der Waals surface area contributed by atoms with Gasteiger partial charge in [0.15, 0.2) is 5.82 Å². The Morgan fingerprint density at radius 2 is 2.09 bits per heavy atom. The number of ether oxygens (including phenoxy) is 1. The fourth-order valence-corrected chi connectivity index (χ4v) is 2.46. The van der Waals surface area contributed by atoms with Crippen molar-refractivity contribution >= 4 is 17.4 Å². The van der Waals surface area contributed by atoms with Crippen LogP contribution < -0.4 is 10.1 Å². The van der Waals surface area contributed by atoms with Gasteiger partial charge in [-0.1, -0.05) is 17.7 Å². The first-order chi connectivity index (χ1) is 11.2. The largest absolute Gasteiger partial charge is 0.489 e. The summed E-state index contributed by atoms with van der Waals surface area (Å²) in [6, 6.07) is 11.5. The average Bonchev–Trinajstić information content (AvgIpc) is 3.01. The number of benzene rings is 2. The van der Waals surface area contributed by atoms with Gasteiger partial charge in [-0.05, 0) is 35.9 Å². The maximum atomic E-state index is 13.2. The molecule has 0 aliphatic heterocycles. The lowest BCUT2D eigenvalue weighted by Crippen LogP contribution is -1.97. The SMILES string of the molecule is CNc1n[nH]nc1-c1cc(Cl)cc(COc2cccc(F)c2)c1. The first-order valence-electron chi connectivity index (χ1n) is 6.92. The van der Waals surface area contributed by atoms with Gasteiger partial charge in [-0.3, -0.25) is 0 Å². The van der Waals surface area contributed by atoms with E-state index in [4.69, 9.17) is 16.3 Å². The minimum absolute atomic E-state index is 0.268. The molecule has 5 nitrogen and oxygen atoms in total. The van der Waals surface area contributed by atoms with E-state index in [1.54, 1.807) is 31.3 Å². The van der Waals surface area contributed by atoms with Crippen LogP contribution in [0.4, 0.5) is 10.2 Å². The molecule has 1 aromatic heterocycles. The zero-order valence-electron chi connectivity index (χ0n) is 12.3. The molecule has 0 saturated heterocycles. The second-order valence-electron chi connectivity index (χ2n) is 4.87. The summed E-state index contributed by atoms with van der Waals surface area (Å²) < 4.78 is 18.8. The molecule has 118 valence electrons. The molecule has 0 amide bonds. The van der Waals surface area contributed by atoms with Crippen LogP contribution in [0.15, 0.2) is 42.5 Å². The van der Waals surface area contributed by atoms with E-state index in [1.165, 1.54) is 12.1 Å². The summed E-state index contributed by atoms with van der Waals surface area (Å²) in [7, 11) is 1.76. The summed E-state index contributed by atoms with van der Waals surface area (Å²) in [5.74, 6) is 0.753. The summed E-state index contributed by atoms with van der Waals surface area (Å²) in [6.45, 7) is 0.268. The molecule has 0 unspecified atom stereocenters. The highest BCUT2D eigenvalue weighted by Gasteiger charge is 2.11.